The van der Waals surface area contributed by atoms with Crippen LogP contribution in [0.3, 0.4) is 0 Å². The third kappa shape index (κ3) is 5.06. The lowest BCUT2D eigenvalue weighted by atomic mass is 9.94. The van der Waals surface area contributed by atoms with Gasteiger partial charge in [-0.3, -0.25) is 9.59 Å². The summed E-state index contributed by atoms with van der Waals surface area (Å²) in [6.45, 7) is 4.72. The standard InChI is InChI=1S/C29H29NO5/c1-4-15-35-24-10-6-9-22(17-24)27(31)25-26(21-8-5-7-19(2)16-21)30(29(33)28(25)32)18-20-11-13-23(34-3)14-12-20/h5-14,16-17,26,31H,4,15,18H2,1-3H3/b27-25-. The average molecular weight is 472 g/mol. The molecule has 1 unspecified atom stereocenters. The molecule has 1 heterocycles. The van der Waals surface area contributed by atoms with Crippen molar-refractivity contribution in [2.75, 3.05) is 13.7 Å². The summed E-state index contributed by atoms with van der Waals surface area (Å²) in [6, 6.07) is 21.2. The van der Waals surface area contributed by atoms with Crippen LogP contribution >= 0.6 is 0 Å². The Morgan fingerprint density at radius 2 is 1.71 bits per heavy atom. The molecule has 1 fully saturated rings. The summed E-state index contributed by atoms with van der Waals surface area (Å²) in [4.78, 5) is 28.0. The number of carbonyl (C=O) groups excluding carboxylic acids is 2. The van der Waals surface area contributed by atoms with Crippen molar-refractivity contribution in [3.05, 3.63) is 101 Å². The lowest BCUT2D eigenvalue weighted by molar-refractivity contribution is -0.140. The highest BCUT2D eigenvalue weighted by Gasteiger charge is 2.46. The Labute approximate surface area is 205 Å². The van der Waals surface area contributed by atoms with Gasteiger partial charge in [-0.25, -0.2) is 0 Å². The number of hydrogen-bond donors (Lipinski definition) is 1. The van der Waals surface area contributed by atoms with Gasteiger partial charge in [0, 0.05) is 12.1 Å². The van der Waals surface area contributed by atoms with E-state index in [9.17, 15) is 14.7 Å². The molecule has 3 aromatic carbocycles. The second kappa shape index (κ2) is 10.5. The number of Topliss-reactive ketones (excluding diaryl/α,β-unsaturated/α-hetero) is 1. The van der Waals surface area contributed by atoms with E-state index in [4.69, 9.17) is 9.47 Å². The van der Waals surface area contributed by atoms with Crippen LogP contribution in [0.15, 0.2) is 78.4 Å². The fraction of sp³-hybridized carbons (Fsp3) is 0.241. The van der Waals surface area contributed by atoms with Gasteiger partial charge in [-0.05, 0) is 48.7 Å². The fourth-order valence-corrected chi connectivity index (χ4v) is 4.27. The molecule has 6 nitrogen and oxygen atoms in total. The zero-order valence-electron chi connectivity index (χ0n) is 20.2. The number of carbonyl (C=O) groups is 2. The molecule has 0 saturated carbocycles. The number of benzene rings is 3. The van der Waals surface area contributed by atoms with Gasteiger partial charge in [-0.15, -0.1) is 0 Å². The molecule has 180 valence electrons. The van der Waals surface area contributed by atoms with Gasteiger partial charge < -0.3 is 19.5 Å². The Morgan fingerprint density at radius 1 is 0.971 bits per heavy atom. The van der Waals surface area contributed by atoms with Gasteiger partial charge in [0.05, 0.1) is 25.3 Å². The Hall–Kier alpha value is -4.06. The average Bonchev–Trinajstić information content (AvgIpc) is 3.12. The number of ether oxygens (including phenoxy) is 2. The lowest BCUT2D eigenvalue weighted by Crippen LogP contribution is -2.29. The zero-order chi connectivity index (χ0) is 24.9. The van der Waals surface area contributed by atoms with Gasteiger partial charge >= 0.3 is 0 Å². The summed E-state index contributed by atoms with van der Waals surface area (Å²) in [7, 11) is 1.59. The Bertz CT molecular complexity index is 1260. The number of ketones is 1. The number of methoxy groups -OCH3 is 1. The summed E-state index contributed by atoms with van der Waals surface area (Å²) >= 11 is 0. The number of aryl methyl sites for hydroxylation is 1. The molecule has 0 radical (unpaired) electrons. The van der Waals surface area contributed by atoms with Crippen molar-refractivity contribution < 1.29 is 24.2 Å². The SMILES string of the molecule is CCCOc1cccc(/C(O)=C2/C(=O)C(=O)N(Cc3ccc(OC)cc3)C2c2cccc(C)c2)c1. The summed E-state index contributed by atoms with van der Waals surface area (Å²) in [5.41, 5.74) is 3.10. The van der Waals surface area contributed by atoms with Gasteiger partial charge in [0.1, 0.15) is 17.3 Å². The van der Waals surface area contributed by atoms with Gasteiger partial charge in [-0.1, -0.05) is 61.0 Å². The maximum Gasteiger partial charge on any atom is 0.295 e. The van der Waals surface area contributed by atoms with E-state index in [1.807, 2.05) is 62.4 Å². The predicted molar refractivity (Wildman–Crippen MR) is 134 cm³/mol. The first-order chi connectivity index (χ1) is 16.9. The van der Waals surface area contributed by atoms with Crippen LogP contribution < -0.4 is 9.47 Å². The number of aliphatic hydroxyl groups excluding tert-OH is 1. The smallest absolute Gasteiger partial charge is 0.295 e. The third-order valence-corrected chi connectivity index (χ3v) is 5.99. The number of nitrogens with zero attached hydrogens (tertiary/aromatic N) is 1. The molecule has 1 atom stereocenters. The maximum absolute atomic E-state index is 13.3. The van der Waals surface area contributed by atoms with Gasteiger partial charge in [-0.2, -0.15) is 0 Å². The predicted octanol–water partition coefficient (Wildman–Crippen LogP) is 5.41. The second-order valence-electron chi connectivity index (χ2n) is 8.57. The first-order valence-electron chi connectivity index (χ1n) is 11.6. The molecule has 1 amide bonds. The molecule has 6 heteroatoms. The summed E-state index contributed by atoms with van der Waals surface area (Å²) < 4.78 is 10.9. The number of aliphatic hydroxyl groups is 1. The van der Waals surface area contributed by atoms with Gasteiger partial charge in [0.25, 0.3) is 11.7 Å². The minimum atomic E-state index is -0.725. The molecule has 0 bridgehead atoms. The quantitative estimate of drug-likeness (QED) is 0.270. The molecule has 0 spiro atoms. The van der Waals surface area contributed by atoms with Crippen LogP contribution in [-0.2, 0) is 16.1 Å². The van der Waals surface area contributed by atoms with Crippen LogP contribution in [0.5, 0.6) is 11.5 Å². The molecular weight excluding hydrogens is 442 g/mol. The normalized spacial score (nSPS) is 17.0. The molecule has 1 aliphatic heterocycles. The topological polar surface area (TPSA) is 76.1 Å². The highest BCUT2D eigenvalue weighted by molar-refractivity contribution is 6.46. The molecule has 0 aliphatic carbocycles. The summed E-state index contributed by atoms with van der Waals surface area (Å²) in [6.07, 6.45) is 0.847. The monoisotopic (exact) mass is 471 g/mol. The van der Waals surface area contributed by atoms with Crippen molar-refractivity contribution >= 4 is 17.4 Å². The van der Waals surface area contributed by atoms with E-state index in [2.05, 4.69) is 0 Å². The van der Waals surface area contributed by atoms with E-state index in [0.29, 0.717) is 23.7 Å². The molecule has 0 aromatic heterocycles. The van der Waals surface area contributed by atoms with Crippen LogP contribution in [-0.4, -0.2) is 35.4 Å². The van der Waals surface area contributed by atoms with Crippen LogP contribution in [0.25, 0.3) is 5.76 Å². The molecule has 1 aliphatic rings. The van der Waals surface area contributed by atoms with Gasteiger partial charge in [0.15, 0.2) is 0 Å². The second-order valence-corrected chi connectivity index (χ2v) is 8.57. The van der Waals surface area contributed by atoms with E-state index in [1.54, 1.807) is 31.4 Å². The Morgan fingerprint density at radius 3 is 2.40 bits per heavy atom. The van der Waals surface area contributed by atoms with E-state index in [0.717, 1.165) is 23.1 Å². The molecule has 4 rings (SSSR count). The Kier molecular flexibility index (Phi) is 7.20. The first-order valence-corrected chi connectivity index (χ1v) is 11.6. The number of likely N-dealkylation sites (tertiary alicyclic amines) is 1. The van der Waals surface area contributed by atoms with Crippen LogP contribution in [0.1, 0.15) is 41.6 Å². The third-order valence-electron chi connectivity index (χ3n) is 5.99. The van der Waals surface area contributed by atoms with E-state index < -0.39 is 17.7 Å². The van der Waals surface area contributed by atoms with Crippen molar-refractivity contribution in [1.82, 2.24) is 4.90 Å². The minimum Gasteiger partial charge on any atom is -0.507 e. The largest absolute Gasteiger partial charge is 0.507 e. The number of hydrogen-bond acceptors (Lipinski definition) is 5. The van der Waals surface area contributed by atoms with E-state index in [-0.39, 0.29) is 17.9 Å². The van der Waals surface area contributed by atoms with Crippen LogP contribution in [0.4, 0.5) is 0 Å². The van der Waals surface area contributed by atoms with Crippen LogP contribution in [0, 0.1) is 6.92 Å². The molecule has 35 heavy (non-hydrogen) atoms. The fourth-order valence-electron chi connectivity index (χ4n) is 4.27. The molecule has 1 N–H and O–H groups in total. The van der Waals surface area contributed by atoms with Crippen LogP contribution in [0.2, 0.25) is 0 Å². The lowest BCUT2D eigenvalue weighted by Gasteiger charge is -2.26. The highest BCUT2D eigenvalue weighted by atomic mass is 16.5. The van der Waals surface area contributed by atoms with Crippen molar-refractivity contribution in [2.24, 2.45) is 0 Å². The van der Waals surface area contributed by atoms with Crippen molar-refractivity contribution in [1.29, 1.82) is 0 Å². The summed E-state index contributed by atoms with van der Waals surface area (Å²) in [5, 5.41) is 11.3. The molecule has 1 saturated heterocycles. The number of rotatable bonds is 8. The maximum atomic E-state index is 13.3. The number of amides is 1. The highest BCUT2D eigenvalue weighted by Crippen LogP contribution is 2.40. The summed E-state index contributed by atoms with van der Waals surface area (Å²) in [5.74, 6) is -0.268. The van der Waals surface area contributed by atoms with Crippen molar-refractivity contribution in [3.63, 3.8) is 0 Å². The minimum absolute atomic E-state index is 0.0711. The Balaban J connectivity index is 1.80. The van der Waals surface area contributed by atoms with Crippen molar-refractivity contribution in [2.45, 2.75) is 32.9 Å². The zero-order valence-corrected chi connectivity index (χ0v) is 20.2. The molecular formula is C29H29NO5. The first kappa shape index (κ1) is 24.1. The van der Waals surface area contributed by atoms with Crippen molar-refractivity contribution in [3.8, 4) is 11.5 Å². The van der Waals surface area contributed by atoms with Gasteiger partial charge in [0.2, 0.25) is 0 Å². The van der Waals surface area contributed by atoms with E-state index in [1.165, 1.54) is 4.90 Å². The van der Waals surface area contributed by atoms with E-state index >= 15 is 0 Å². The molecule has 3 aromatic rings.